The monoisotopic (exact) mass is 394 g/mol. The molecule has 0 spiro atoms. The first-order valence-corrected chi connectivity index (χ1v) is 8.56. The number of nitrogens with zero attached hydrogens (tertiary/aromatic N) is 2. The minimum atomic E-state index is -1.22. The lowest BCUT2D eigenvalue weighted by molar-refractivity contribution is -0.126. The average Bonchev–Trinajstić information content (AvgIpc) is 3.28. The van der Waals surface area contributed by atoms with Crippen molar-refractivity contribution in [2.24, 2.45) is 11.1 Å². The van der Waals surface area contributed by atoms with E-state index in [4.69, 9.17) is 14.7 Å². The quantitative estimate of drug-likeness (QED) is 0.602. The predicted octanol–water partition coefficient (Wildman–Crippen LogP) is 1.52. The Bertz CT molecular complexity index is 1060. The van der Waals surface area contributed by atoms with Gasteiger partial charge in [0.2, 0.25) is 17.8 Å². The SMILES string of the molecule is COc1ccc(C(=O)C2=NO[C@@H]3C(=O)N(c4ccc(C(=O)O)cc4)C(=O)[C@H]23)cc1. The molecule has 1 N–H and O–H groups in total. The zero-order chi connectivity index (χ0) is 20.7. The number of carboxylic acid groups (broad SMARTS) is 1. The molecule has 2 aliphatic heterocycles. The van der Waals surface area contributed by atoms with Gasteiger partial charge in [0.15, 0.2) is 0 Å². The Hall–Kier alpha value is -4.01. The van der Waals surface area contributed by atoms with Crippen molar-refractivity contribution in [2.45, 2.75) is 6.10 Å². The predicted molar refractivity (Wildman–Crippen MR) is 99.0 cm³/mol. The fraction of sp³-hybridized carbons (Fsp3) is 0.150. The van der Waals surface area contributed by atoms with Gasteiger partial charge in [0.1, 0.15) is 17.4 Å². The molecule has 2 heterocycles. The molecule has 0 unspecified atom stereocenters. The number of rotatable bonds is 5. The van der Waals surface area contributed by atoms with Gasteiger partial charge in [-0.1, -0.05) is 5.16 Å². The van der Waals surface area contributed by atoms with Gasteiger partial charge in [-0.15, -0.1) is 0 Å². The fourth-order valence-electron chi connectivity index (χ4n) is 3.26. The number of benzene rings is 2. The van der Waals surface area contributed by atoms with Crippen LogP contribution in [-0.4, -0.2) is 47.6 Å². The standard InChI is InChI=1S/C20H14N2O7/c1-28-13-8-4-10(5-9-13)16(23)15-14-17(29-21-15)19(25)22(18(14)24)12-6-2-11(3-7-12)20(26)27/h2-9,14,17H,1H3,(H,26,27)/t14-,17+/m1/s1. The molecule has 4 rings (SSSR count). The summed E-state index contributed by atoms with van der Waals surface area (Å²) in [7, 11) is 1.50. The normalized spacial score (nSPS) is 20.2. The number of fused-ring (bicyclic) bond motifs is 1. The molecule has 0 saturated carbocycles. The molecule has 29 heavy (non-hydrogen) atoms. The molecule has 2 aliphatic rings. The van der Waals surface area contributed by atoms with Crippen LogP contribution in [0.3, 0.4) is 0 Å². The number of hydrogen-bond acceptors (Lipinski definition) is 7. The lowest BCUT2D eigenvalue weighted by atomic mass is 9.93. The highest BCUT2D eigenvalue weighted by Gasteiger charge is 2.57. The van der Waals surface area contributed by atoms with Crippen LogP contribution in [0.15, 0.2) is 53.7 Å². The number of ketones is 1. The number of carboxylic acids is 1. The summed E-state index contributed by atoms with van der Waals surface area (Å²) in [6, 6.07) is 11.5. The molecule has 0 radical (unpaired) electrons. The van der Waals surface area contributed by atoms with Gasteiger partial charge in [0.05, 0.1) is 18.4 Å². The summed E-state index contributed by atoms with van der Waals surface area (Å²) in [5.74, 6) is -3.56. The van der Waals surface area contributed by atoms with Crippen molar-refractivity contribution in [1.29, 1.82) is 0 Å². The Morgan fingerprint density at radius 1 is 1.00 bits per heavy atom. The number of Topliss-reactive ketones (excluding diaryl/α,β-unsaturated/α-hetero) is 1. The second-order valence-electron chi connectivity index (χ2n) is 6.40. The van der Waals surface area contributed by atoms with Gasteiger partial charge in [-0.05, 0) is 48.5 Å². The summed E-state index contributed by atoms with van der Waals surface area (Å²) in [5, 5.41) is 12.7. The van der Waals surface area contributed by atoms with E-state index >= 15 is 0 Å². The summed E-state index contributed by atoms with van der Waals surface area (Å²) in [4.78, 5) is 55.4. The first kappa shape index (κ1) is 18.4. The highest BCUT2D eigenvalue weighted by molar-refractivity contribution is 6.52. The minimum Gasteiger partial charge on any atom is -0.497 e. The molecule has 1 saturated heterocycles. The van der Waals surface area contributed by atoms with Crippen LogP contribution in [0.25, 0.3) is 0 Å². The number of amides is 2. The molecule has 1 fully saturated rings. The molecule has 2 atom stereocenters. The maximum atomic E-state index is 12.9. The average molecular weight is 394 g/mol. The Kier molecular flexibility index (Phi) is 4.34. The summed E-state index contributed by atoms with van der Waals surface area (Å²) in [5.41, 5.74) is 0.335. The van der Waals surface area contributed by atoms with E-state index in [0.29, 0.717) is 5.75 Å². The molecular formula is C20H14N2O7. The number of anilines is 1. The van der Waals surface area contributed by atoms with Crippen molar-refractivity contribution in [3.63, 3.8) is 0 Å². The van der Waals surface area contributed by atoms with E-state index in [1.807, 2.05) is 0 Å². The molecule has 0 bridgehead atoms. The Morgan fingerprint density at radius 3 is 2.21 bits per heavy atom. The number of methoxy groups -OCH3 is 1. The topological polar surface area (TPSA) is 123 Å². The van der Waals surface area contributed by atoms with E-state index in [2.05, 4.69) is 5.16 Å². The molecule has 2 aromatic carbocycles. The Morgan fingerprint density at radius 2 is 1.62 bits per heavy atom. The molecule has 2 amide bonds. The fourth-order valence-corrected chi connectivity index (χ4v) is 3.26. The van der Waals surface area contributed by atoms with E-state index in [9.17, 15) is 19.2 Å². The number of carbonyl (C=O) groups excluding carboxylic acids is 3. The summed E-state index contributed by atoms with van der Waals surface area (Å²) >= 11 is 0. The molecule has 9 heteroatoms. The second kappa shape index (κ2) is 6.86. The van der Waals surface area contributed by atoms with Crippen LogP contribution in [0, 0.1) is 5.92 Å². The van der Waals surface area contributed by atoms with Crippen molar-refractivity contribution in [2.75, 3.05) is 12.0 Å². The molecule has 0 aliphatic carbocycles. The number of hydrogen-bond donors (Lipinski definition) is 1. The van der Waals surface area contributed by atoms with E-state index in [0.717, 1.165) is 4.90 Å². The van der Waals surface area contributed by atoms with Gasteiger partial charge >= 0.3 is 5.97 Å². The van der Waals surface area contributed by atoms with Crippen molar-refractivity contribution in [1.82, 2.24) is 0 Å². The smallest absolute Gasteiger partial charge is 0.335 e. The van der Waals surface area contributed by atoms with Gasteiger partial charge < -0.3 is 14.7 Å². The molecule has 2 aromatic rings. The van der Waals surface area contributed by atoms with Gasteiger partial charge in [0.25, 0.3) is 5.91 Å². The number of carbonyl (C=O) groups is 4. The Labute approximate surface area is 164 Å². The van der Waals surface area contributed by atoms with Crippen LogP contribution in [0.4, 0.5) is 5.69 Å². The lowest BCUT2D eigenvalue weighted by Crippen LogP contribution is -2.34. The molecule has 9 nitrogen and oxygen atoms in total. The summed E-state index contributed by atoms with van der Waals surface area (Å²) < 4.78 is 5.05. The molecule has 146 valence electrons. The van der Waals surface area contributed by atoms with Crippen LogP contribution in [0.1, 0.15) is 20.7 Å². The maximum Gasteiger partial charge on any atom is 0.335 e. The van der Waals surface area contributed by atoms with Gasteiger partial charge in [-0.2, -0.15) is 0 Å². The minimum absolute atomic E-state index is 0.0150. The van der Waals surface area contributed by atoms with Crippen LogP contribution >= 0.6 is 0 Å². The van der Waals surface area contributed by atoms with E-state index in [1.54, 1.807) is 12.1 Å². The zero-order valence-electron chi connectivity index (χ0n) is 15.1. The maximum absolute atomic E-state index is 12.9. The van der Waals surface area contributed by atoms with Crippen LogP contribution < -0.4 is 9.64 Å². The number of oxime groups is 1. The highest BCUT2D eigenvalue weighted by Crippen LogP contribution is 2.34. The van der Waals surface area contributed by atoms with E-state index in [-0.39, 0.29) is 22.5 Å². The number of aromatic carboxylic acids is 1. The van der Waals surface area contributed by atoms with Crippen molar-refractivity contribution < 1.29 is 33.9 Å². The first-order chi connectivity index (χ1) is 13.9. The first-order valence-electron chi connectivity index (χ1n) is 8.56. The largest absolute Gasteiger partial charge is 0.497 e. The van der Waals surface area contributed by atoms with Crippen LogP contribution in [0.5, 0.6) is 5.75 Å². The van der Waals surface area contributed by atoms with Gasteiger partial charge in [0, 0.05) is 5.56 Å². The molecule has 0 aromatic heterocycles. The molecular weight excluding hydrogens is 380 g/mol. The Balaban J connectivity index is 1.61. The second-order valence-corrected chi connectivity index (χ2v) is 6.40. The van der Waals surface area contributed by atoms with Crippen molar-refractivity contribution in [3.05, 3.63) is 59.7 Å². The summed E-state index contributed by atoms with van der Waals surface area (Å²) in [6.45, 7) is 0. The van der Waals surface area contributed by atoms with E-state index < -0.39 is 35.6 Å². The number of imide groups is 1. The van der Waals surface area contributed by atoms with Crippen LogP contribution in [-0.2, 0) is 14.4 Å². The van der Waals surface area contributed by atoms with Crippen LogP contribution in [0.2, 0.25) is 0 Å². The van der Waals surface area contributed by atoms with E-state index in [1.165, 1.54) is 43.5 Å². The highest BCUT2D eigenvalue weighted by atomic mass is 16.7. The van der Waals surface area contributed by atoms with Crippen molar-refractivity contribution in [3.8, 4) is 5.75 Å². The van der Waals surface area contributed by atoms with Gasteiger partial charge in [-0.25, -0.2) is 9.69 Å². The summed E-state index contributed by atoms with van der Waals surface area (Å²) in [6.07, 6.45) is -1.22. The lowest BCUT2D eigenvalue weighted by Gasteiger charge is -2.15. The third-order valence-corrected chi connectivity index (χ3v) is 4.77. The van der Waals surface area contributed by atoms with Crippen molar-refractivity contribution >= 4 is 35.0 Å². The van der Waals surface area contributed by atoms with Gasteiger partial charge in [-0.3, -0.25) is 14.4 Å². The third-order valence-electron chi connectivity index (χ3n) is 4.77. The zero-order valence-corrected chi connectivity index (χ0v) is 15.1. The number of ether oxygens (including phenoxy) is 1. The third kappa shape index (κ3) is 2.92.